The molecule has 0 heterocycles. The van der Waals surface area contributed by atoms with Crippen molar-refractivity contribution in [3.8, 4) is 0 Å². The van der Waals surface area contributed by atoms with Crippen molar-refractivity contribution in [2.45, 2.75) is 58.5 Å². The average molecular weight is 260 g/mol. The Balaban J connectivity index is 2.02. The molecule has 1 saturated carbocycles. The highest BCUT2D eigenvalue weighted by atomic mass is 15.2. The van der Waals surface area contributed by atoms with E-state index in [1.165, 1.54) is 44.2 Å². The van der Waals surface area contributed by atoms with Crippen LogP contribution in [0.25, 0.3) is 0 Å². The molecule has 0 aliphatic heterocycles. The van der Waals surface area contributed by atoms with Crippen LogP contribution in [-0.4, -0.2) is 17.5 Å². The molecule has 1 aliphatic rings. The van der Waals surface area contributed by atoms with Crippen LogP contribution in [0, 0.1) is 5.92 Å². The first kappa shape index (κ1) is 14.4. The molecule has 0 atom stereocenters. The summed E-state index contributed by atoms with van der Waals surface area (Å²) in [6, 6.07) is 9.09. The Kier molecular flexibility index (Phi) is 5.26. The van der Waals surface area contributed by atoms with Crippen molar-refractivity contribution in [3.05, 3.63) is 29.8 Å². The number of hydrogen-bond donors (Lipinski definition) is 1. The second-order valence-corrected chi connectivity index (χ2v) is 6.29. The predicted octanol–water partition coefficient (Wildman–Crippen LogP) is 4.06. The average Bonchev–Trinajstić information content (AvgIpc) is 2.90. The standard InChI is InChI=1S/C17H28N2/c1-14(2)11-12-19(16-8-4-5-9-16)13-15-7-3-6-10-17(15)18/h3,6-7,10,14,16H,4-5,8-9,11-13,18H2,1-2H3. The molecule has 2 rings (SSSR count). The van der Waals surface area contributed by atoms with Gasteiger partial charge in [0.15, 0.2) is 0 Å². The maximum absolute atomic E-state index is 6.10. The number of nitrogen functional groups attached to an aromatic ring is 1. The van der Waals surface area contributed by atoms with Crippen LogP contribution in [0.1, 0.15) is 51.5 Å². The Bertz CT molecular complexity index is 381. The first-order valence-corrected chi connectivity index (χ1v) is 7.74. The molecule has 0 aromatic heterocycles. The first-order chi connectivity index (χ1) is 9.16. The summed E-state index contributed by atoms with van der Waals surface area (Å²) in [5.41, 5.74) is 8.33. The Morgan fingerprint density at radius 1 is 1.21 bits per heavy atom. The molecule has 1 aliphatic carbocycles. The fourth-order valence-electron chi connectivity index (χ4n) is 2.98. The van der Waals surface area contributed by atoms with Gasteiger partial charge in [-0.2, -0.15) is 0 Å². The maximum atomic E-state index is 6.10. The van der Waals surface area contributed by atoms with Crippen LogP contribution in [0.15, 0.2) is 24.3 Å². The molecule has 0 radical (unpaired) electrons. The highest BCUT2D eigenvalue weighted by Crippen LogP contribution is 2.26. The minimum Gasteiger partial charge on any atom is -0.398 e. The smallest absolute Gasteiger partial charge is 0.0359 e. The van der Waals surface area contributed by atoms with E-state index in [4.69, 9.17) is 5.73 Å². The number of anilines is 1. The number of hydrogen-bond acceptors (Lipinski definition) is 2. The molecule has 2 N–H and O–H groups in total. The molecule has 0 amide bonds. The summed E-state index contributed by atoms with van der Waals surface area (Å²) in [5.74, 6) is 0.775. The lowest BCUT2D eigenvalue weighted by molar-refractivity contribution is 0.180. The topological polar surface area (TPSA) is 29.3 Å². The highest BCUT2D eigenvalue weighted by molar-refractivity contribution is 5.46. The SMILES string of the molecule is CC(C)CCN(Cc1ccccc1N)C1CCCC1. The quantitative estimate of drug-likeness (QED) is 0.782. The fourth-order valence-corrected chi connectivity index (χ4v) is 2.98. The Morgan fingerprint density at radius 2 is 1.89 bits per heavy atom. The van der Waals surface area contributed by atoms with Crippen LogP contribution in [0.2, 0.25) is 0 Å². The van der Waals surface area contributed by atoms with Crippen LogP contribution >= 0.6 is 0 Å². The van der Waals surface area contributed by atoms with E-state index in [0.29, 0.717) is 0 Å². The minimum absolute atomic E-state index is 0.775. The highest BCUT2D eigenvalue weighted by Gasteiger charge is 2.22. The van der Waals surface area contributed by atoms with Crippen molar-refractivity contribution in [3.63, 3.8) is 0 Å². The van der Waals surface area contributed by atoms with Crippen molar-refractivity contribution < 1.29 is 0 Å². The largest absolute Gasteiger partial charge is 0.398 e. The number of nitrogens with zero attached hydrogens (tertiary/aromatic N) is 1. The van der Waals surface area contributed by atoms with E-state index in [-0.39, 0.29) is 0 Å². The second kappa shape index (κ2) is 6.95. The lowest BCUT2D eigenvalue weighted by Gasteiger charge is -2.30. The third kappa shape index (κ3) is 4.24. The number of rotatable bonds is 6. The summed E-state index contributed by atoms with van der Waals surface area (Å²) in [6.07, 6.45) is 6.80. The van der Waals surface area contributed by atoms with Gasteiger partial charge in [0, 0.05) is 18.3 Å². The van der Waals surface area contributed by atoms with Gasteiger partial charge >= 0.3 is 0 Å². The van der Waals surface area contributed by atoms with E-state index in [1.807, 2.05) is 12.1 Å². The second-order valence-electron chi connectivity index (χ2n) is 6.29. The number of benzene rings is 1. The van der Waals surface area contributed by atoms with Crippen LogP contribution in [0.5, 0.6) is 0 Å². The summed E-state index contributed by atoms with van der Waals surface area (Å²) in [4.78, 5) is 2.67. The summed E-state index contributed by atoms with van der Waals surface area (Å²) < 4.78 is 0. The molecule has 106 valence electrons. The summed E-state index contributed by atoms with van der Waals surface area (Å²) >= 11 is 0. The van der Waals surface area contributed by atoms with Gasteiger partial charge in [0.25, 0.3) is 0 Å². The molecule has 2 nitrogen and oxygen atoms in total. The predicted molar refractivity (Wildman–Crippen MR) is 83.0 cm³/mol. The fraction of sp³-hybridized carbons (Fsp3) is 0.647. The molecule has 1 aromatic carbocycles. The van der Waals surface area contributed by atoms with Gasteiger partial charge < -0.3 is 5.73 Å². The van der Waals surface area contributed by atoms with Crippen LogP contribution in [0.4, 0.5) is 5.69 Å². The molecule has 2 heteroatoms. The van der Waals surface area contributed by atoms with Crippen molar-refractivity contribution in [2.24, 2.45) is 5.92 Å². The van der Waals surface area contributed by atoms with Crippen LogP contribution in [0.3, 0.4) is 0 Å². The van der Waals surface area contributed by atoms with Crippen molar-refractivity contribution in [2.75, 3.05) is 12.3 Å². The van der Waals surface area contributed by atoms with Gasteiger partial charge in [0.1, 0.15) is 0 Å². The van der Waals surface area contributed by atoms with Gasteiger partial charge in [-0.3, -0.25) is 4.90 Å². The zero-order valence-electron chi connectivity index (χ0n) is 12.4. The normalized spacial score (nSPS) is 16.6. The van der Waals surface area contributed by atoms with Gasteiger partial charge in [-0.25, -0.2) is 0 Å². The molecule has 0 saturated heterocycles. The summed E-state index contributed by atoms with van der Waals surface area (Å²) in [5, 5.41) is 0. The van der Waals surface area contributed by atoms with Gasteiger partial charge in [-0.1, -0.05) is 44.9 Å². The summed E-state index contributed by atoms with van der Waals surface area (Å²) in [6.45, 7) is 6.84. The first-order valence-electron chi connectivity index (χ1n) is 7.74. The van der Waals surface area contributed by atoms with E-state index in [2.05, 4.69) is 30.9 Å². The molecule has 0 unspecified atom stereocenters. The monoisotopic (exact) mass is 260 g/mol. The van der Waals surface area contributed by atoms with E-state index >= 15 is 0 Å². The van der Waals surface area contributed by atoms with E-state index in [1.54, 1.807) is 0 Å². The van der Waals surface area contributed by atoms with Gasteiger partial charge in [-0.05, 0) is 43.4 Å². The van der Waals surface area contributed by atoms with Gasteiger partial charge in [0.2, 0.25) is 0 Å². The maximum Gasteiger partial charge on any atom is 0.0359 e. The lowest BCUT2D eigenvalue weighted by atomic mass is 10.1. The third-order valence-electron chi connectivity index (χ3n) is 4.26. The Labute approximate surface area is 118 Å². The summed E-state index contributed by atoms with van der Waals surface area (Å²) in [7, 11) is 0. The van der Waals surface area contributed by atoms with E-state index in [9.17, 15) is 0 Å². The third-order valence-corrected chi connectivity index (χ3v) is 4.26. The molecule has 1 fully saturated rings. The zero-order chi connectivity index (χ0) is 13.7. The number of para-hydroxylation sites is 1. The van der Waals surface area contributed by atoms with Crippen molar-refractivity contribution >= 4 is 5.69 Å². The van der Waals surface area contributed by atoms with E-state index in [0.717, 1.165) is 24.2 Å². The molecule has 0 bridgehead atoms. The van der Waals surface area contributed by atoms with Crippen LogP contribution in [-0.2, 0) is 6.54 Å². The zero-order valence-corrected chi connectivity index (χ0v) is 12.4. The Morgan fingerprint density at radius 3 is 2.53 bits per heavy atom. The van der Waals surface area contributed by atoms with Crippen LogP contribution < -0.4 is 5.73 Å². The molecular formula is C17H28N2. The number of nitrogens with two attached hydrogens (primary N) is 1. The lowest BCUT2D eigenvalue weighted by Crippen LogP contribution is -2.34. The van der Waals surface area contributed by atoms with Crippen molar-refractivity contribution in [1.29, 1.82) is 0 Å². The molecule has 0 spiro atoms. The molecule has 19 heavy (non-hydrogen) atoms. The molecular weight excluding hydrogens is 232 g/mol. The van der Waals surface area contributed by atoms with E-state index < -0.39 is 0 Å². The minimum atomic E-state index is 0.775. The Hall–Kier alpha value is -1.02. The van der Waals surface area contributed by atoms with Crippen molar-refractivity contribution in [1.82, 2.24) is 4.90 Å². The molecule has 1 aromatic rings. The van der Waals surface area contributed by atoms with Gasteiger partial charge in [0.05, 0.1) is 0 Å². The van der Waals surface area contributed by atoms with Gasteiger partial charge in [-0.15, -0.1) is 0 Å².